The summed E-state index contributed by atoms with van der Waals surface area (Å²) in [5.74, 6) is 0.541. The van der Waals surface area contributed by atoms with Gasteiger partial charge in [-0.3, -0.25) is 9.69 Å². The predicted octanol–water partition coefficient (Wildman–Crippen LogP) is 0.862. The number of furan rings is 1. The number of carbonyl (C=O) groups is 1. The lowest BCUT2D eigenvalue weighted by Gasteiger charge is -2.37. The number of hydrogen-bond acceptors (Lipinski definition) is 4. The van der Waals surface area contributed by atoms with E-state index in [1.54, 1.807) is 0 Å². The van der Waals surface area contributed by atoms with Crippen molar-refractivity contribution in [1.29, 1.82) is 0 Å². The topological polar surface area (TPSA) is 71.5 Å². The van der Waals surface area contributed by atoms with E-state index in [2.05, 4.69) is 26.1 Å². The number of amides is 1. The molecule has 94 valence electrons. The van der Waals surface area contributed by atoms with Crippen LogP contribution in [0.15, 0.2) is 21.2 Å². The van der Waals surface area contributed by atoms with E-state index in [1.165, 1.54) is 0 Å². The van der Waals surface area contributed by atoms with Gasteiger partial charge < -0.3 is 15.5 Å². The van der Waals surface area contributed by atoms with Crippen molar-refractivity contribution in [3.05, 3.63) is 22.6 Å². The smallest absolute Gasteiger partial charge is 0.236 e. The van der Waals surface area contributed by atoms with Crippen molar-refractivity contribution in [3.63, 3.8) is 0 Å². The Balaban J connectivity index is 2.16. The molecule has 6 heteroatoms. The fourth-order valence-corrected chi connectivity index (χ4v) is 2.48. The number of rotatable bonds is 3. The van der Waals surface area contributed by atoms with Gasteiger partial charge in [0, 0.05) is 19.6 Å². The molecule has 0 saturated carbocycles. The standard InChI is InChI=1S/C11H16BrN3O2/c1-7(9-2-3-10(12)17-9)15-5-4-14-6-8(15)11(13)16/h2-3,7-8,14H,4-6H2,1H3,(H2,13,16). The lowest BCUT2D eigenvalue weighted by molar-refractivity contribution is -0.124. The van der Waals surface area contributed by atoms with Gasteiger partial charge in [-0.1, -0.05) is 0 Å². The fourth-order valence-electron chi connectivity index (χ4n) is 2.16. The SMILES string of the molecule is CC(c1ccc(Br)o1)N1CCNCC1C(N)=O. The molecule has 17 heavy (non-hydrogen) atoms. The Morgan fingerprint density at radius 3 is 3.06 bits per heavy atom. The number of carbonyl (C=O) groups excluding carboxylic acids is 1. The van der Waals surface area contributed by atoms with E-state index in [4.69, 9.17) is 10.2 Å². The van der Waals surface area contributed by atoms with Crippen LogP contribution in [-0.4, -0.2) is 36.5 Å². The second-order valence-corrected chi connectivity index (χ2v) is 4.96. The van der Waals surface area contributed by atoms with Gasteiger partial charge in [-0.05, 0) is 35.0 Å². The molecule has 5 nitrogen and oxygen atoms in total. The summed E-state index contributed by atoms with van der Waals surface area (Å²) in [5.41, 5.74) is 5.42. The quantitative estimate of drug-likeness (QED) is 0.869. The van der Waals surface area contributed by atoms with Crippen LogP contribution in [0.1, 0.15) is 18.7 Å². The Kier molecular flexibility index (Phi) is 3.86. The summed E-state index contributed by atoms with van der Waals surface area (Å²) in [5, 5.41) is 3.18. The van der Waals surface area contributed by atoms with Crippen molar-refractivity contribution < 1.29 is 9.21 Å². The van der Waals surface area contributed by atoms with E-state index in [1.807, 2.05) is 19.1 Å². The third-order valence-electron chi connectivity index (χ3n) is 3.12. The highest BCUT2D eigenvalue weighted by Gasteiger charge is 2.32. The summed E-state index contributed by atoms with van der Waals surface area (Å²) in [4.78, 5) is 13.5. The molecular weight excluding hydrogens is 286 g/mol. The molecule has 1 saturated heterocycles. The van der Waals surface area contributed by atoms with Crippen molar-refractivity contribution >= 4 is 21.8 Å². The van der Waals surface area contributed by atoms with Crippen LogP contribution in [0.3, 0.4) is 0 Å². The average molecular weight is 302 g/mol. The number of nitrogens with one attached hydrogen (secondary N) is 1. The van der Waals surface area contributed by atoms with Crippen LogP contribution in [0.25, 0.3) is 0 Å². The lowest BCUT2D eigenvalue weighted by Crippen LogP contribution is -2.57. The highest BCUT2D eigenvalue weighted by atomic mass is 79.9. The number of nitrogens with zero attached hydrogens (tertiary/aromatic N) is 1. The first-order chi connectivity index (χ1) is 8.09. The highest BCUT2D eigenvalue weighted by Crippen LogP contribution is 2.26. The number of hydrogen-bond donors (Lipinski definition) is 2. The van der Waals surface area contributed by atoms with Crippen molar-refractivity contribution in [1.82, 2.24) is 10.2 Å². The van der Waals surface area contributed by atoms with Gasteiger partial charge in [0.1, 0.15) is 11.8 Å². The lowest BCUT2D eigenvalue weighted by atomic mass is 10.1. The molecule has 0 bridgehead atoms. The van der Waals surface area contributed by atoms with Crippen LogP contribution in [0, 0.1) is 0 Å². The van der Waals surface area contributed by atoms with Gasteiger partial charge in [0.05, 0.1) is 6.04 Å². The maximum absolute atomic E-state index is 11.4. The summed E-state index contributed by atoms with van der Waals surface area (Å²) in [6.07, 6.45) is 0. The largest absolute Gasteiger partial charge is 0.453 e. The van der Waals surface area contributed by atoms with Crippen LogP contribution in [-0.2, 0) is 4.79 Å². The summed E-state index contributed by atoms with van der Waals surface area (Å²) >= 11 is 3.28. The summed E-state index contributed by atoms with van der Waals surface area (Å²) in [6, 6.07) is 3.53. The van der Waals surface area contributed by atoms with Crippen molar-refractivity contribution in [2.45, 2.75) is 19.0 Å². The molecule has 1 aliphatic heterocycles. The average Bonchev–Trinajstić information content (AvgIpc) is 2.75. The van der Waals surface area contributed by atoms with Gasteiger partial charge in [-0.2, -0.15) is 0 Å². The number of primary amides is 1. The zero-order chi connectivity index (χ0) is 12.4. The fraction of sp³-hybridized carbons (Fsp3) is 0.545. The summed E-state index contributed by atoms with van der Waals surface area (Å²) in [6.45, 7) is 4.26. The van der Waals surface area contributed by atoms with Gasteiger partial charge in [-0.15, -0.1) is 0 Å². The molecule has 1 amide bonds. The molecule has 2 rings (SSSR count). The third kappa shape index (κ3) is 2.70. The first-order valence-corrected chi connectivity index (χ1v) is 6.40. The van der Waals surface area contributed by atoms with Crippen LogP contribution < -0.4 is 11.1 Å². The van der Waals surface area contributed by atoms with E-state index in [-0.39, 0.29) is 18.0 Å². The zero-order valence-corrected chi connectivity index (χ0v) is 11.2. The molecule has 1 fully saturated rings. The Morgan fingerprint density at radius 1 is 1.71 bits per heavy atom. The molecule has 2 unspecified atom stereocenters. The number of piperazine rings is 1. The van der Waals surface area contributed by atoms with Gasteiger partial charge in [0.25, 0.3) is 0 Å². The molecule has 1 aliphatic rings. The second-order valence-electron chi connectivity index (χ2n) is 4.18. The monoisotopic (exact) mass is 301 g/mol. The van der Waals surface area contributed by atoms with E-state index in [0.717, 1.165) is 18.8 Å². The Hall–Kier alpha value is -0.850. The zero-order valence-electron chi connectivity index (χ0n) is 9.65. The first-order valence-electron chi connectivity index (χ1n) is 5.60. The van der Waals surface area contributed by atoms with Crippen molar-refractivity contribution in [2.24, 2.45) is 5.73 Å². The highest BCUT2D eigenvalue weighted by molar-refractivity contribution is 9.10. The van der Waals surface area contributed by atoms with Gasteiger partial charge in [0.2, 0.25) is 5.91 Å². The minimum atomic E-state index is -0.297. The van der Waals surface area contributed by atoms with Crippen LogP contribution in [0.5, 0.6) is 0 Å². The van der Waals surface area contributed by atoms with E-state index < -0.39 is 0 Å². The molecule has 0 aromatic carbocycles. The number of halogens is 1. The molecule has 2 heterocycles. The summed E-state index contributed by atoms with van der Waals surface area (Å²) < 4.78 is 6.23. The molecular formula is C11H16BrN3O2. The molecule has 1 aromatic rings. The minimum Gasteiger partial charge on any atom is -0.453 e. The van der Waals surface area contributed by atoms with Gasteiger partial charge in [-0.25, -0.2) is 0 Å². The molecule has 0 spiro atoms. The molecule has 0 radical (unpaired) electrons. The molecule has 2 atom stereocenters. The van der Waals surface area contributed by atoms with Crippen LogP contribution in [0.2, 0.25) is 0 Å². The normalized spacial score (nSPS) is 23.5. The molecule has 3 N–H and O–H groups in total. The van der Waals surface area contributed by atoms with E-state index in [9.17, 15) is 4.79 Å². The maximum atomic E-state index is 11.4. The first kappa shape index (κ1) is 12.6. The Bertz CT molecular complexity index is 407. The second kappa shape index (κ2) is 5.20. The predicted molar refractivity (Wildman–Crippen MR) is 67.4 cm³/mol. The van der Waals surface area contributed by atoms with Crippen molar-refractivity contribution in [3.8, 4) is 0 Å². The summed E-state index contributed by atoms with van der Waals surface area (Å²) in [7, 11) is 0. The maximum Gasteiger partial charge on any atom is 0.236 e. The van der Waals surface area contributed by atoms with Crippen molar-refractivity contribution in [2.75, 3.05) is 19.6 Å². The number of nitrogens with two attached hydrogens (primary N) is 1. The van der Waals surface area contributed by atoms with E-state index >= 15 is 0 Å². The molecule has 1 aromatic heterocycles. The Morgan fingerprint density at radius 2 is 2.47 bits per heavy atom. The van der Waals surface area contributed by atoms with E-state index in [0.29, 0.717) is 11.2 Å². The Labute approximate surface area is 108 Å². The minimum absolute atomic E-state index is 0.0425. The van der Waals surface area contributed by atoms with Gasteiger partial charge in [0.15, 0.2) is 4.67 Å². The van der Waals surface area contributed by atoms with Crippen LogP contribution >= 0.6 is 15.9 Å². The van der Waals surface area contributed by atoms with Crippen LogP contribution in [0.4, 0.5) is 0 Å². The molecule has 0 aliphatic carbocycles. The van der Waals surface area contributed by atoms with Gasteiger partial charge >= 0.3 is 0 Å². The third-order valence-corrected chi connectivity index (χ3v) is 3.54.